The summed E-state index contributed by atoms with van der Waals surface area (Å²) in [6, 6.07) is 10.2. The topological polar surface area (TPSA) is 60.9 Å². The number of hydrogen-bond acceptors (Lipinski definition) is 6. The predicted octanol–water partition coefficient (Wildman–Crippen LogP) is 2.87. The molecule has 2 aliphatic rings. The van der Waals surface area contributed by atoms with Gasteiger partial charge >= 0.3 is 5.97 Å². The highest BCUT2D eigenvalue weighted by atomic mass is 16.6. The van der Waals surface area contributed by atoms with E-state index in [1.54, 1.807) is 0 Å². The fraction of sp³-hybridized carbons (Fsp3) is 0.429. The molecule has 0 radical (unpaired) electrons. The van der Waals surface area contributed by atoms with E-state index in [9.17, 15) is 4.79 Å². The van der Waals surface area contributed by atoms with E-state index >= 15 is 0 Å². The maximum absolute atomic E-state index is 11.7. The number of carbonyl (C=O) groups excluding carboxylic acids is 1. The van der Waals surface area contributed by atoms with Crippen LogP contribution in [0.5, 0.6) is 11.5 Å². The van der Waals surface area contributed by atoms with E-state index in [1.807, 2.05) is 31.3 Å². The van der Waals surface area contributed by atoms with Gasteiger partial charge in [0.25, 0.3) is 0 Å². The van der Waals surface area contributed by atoms with Crippen LogP contribution in [0.15, 0.2) is 36.5 Å². The van der Waals surface area contributed by atoms with Crippen LogP contribution in [0.2, 0.25) is 0 Å². The van der Waals surface area contributed by atoms with Crippen molar-refractivity contribution in [3.63, 3.8) is 0 Å². The molecule has 1 atom stereocenters. The van der Waals surface area contributed by atoms with Crippen LogP contribution in [-0.2, 0) is 9.53 Å². The van der Waals surface area contributed by atoms with Crippen molar-refractivity contribution in [3.05, 3.63) is 42.1 Å². The van der Waals surface area contributed by atoms with Crippen LogP contribution in [-0.4, -0.2) is 55.3 Å². The van der Waals surface area contributed by atoms with Crippen molar-refractivity contribution in [1.29, 1.82) is 0 Å². The van der Waals surface area contributed by atoms with Gasteiger partial charge in [0.1, 0.15) is 13.2 Å². The number of benzene rings is 1. The van der Waals surface area contributed by atoms with Gasteiger partial charge in [0, 0.05) is 18.3 Å². The quantitative estimate of drug-likeness (QED) is 0.757. The first kappa shape index (κ1) is 17.8. The van der Waals surface area contributed by atoms with Gasteiger partial charge in [-0.25, -0.2) is 0 Å². The zero-order chi connectivity index (χ0) is 18.6. The van der Waals surface area contributed by atoms with Crippen LogP contribution >= 0.6 is 0 Å². The number of nitrogens with zero attached hydrogens (tertiary/aromatic N) is 2. The Hall–Kier alpha value is -2.60. The van der Waals surface area contributed by atoms with Crippen molar-refractivity contribution in [2.45, 2.75) is 19.3 Å². The fourth-order valence-electron chi connectivity index (χ4n) is 3.70. The smallest absolute Gasteiger partial charge is 0.320 e. The molecule has 1 aromatic carbocycles. The van der Waals surface area contributed by atoms with Crippen molar-refractivity contribution in [2.24, 2.45) is 0 Å². The molecule has 0 bridgehead atoms. The molecule has 6 nitrogen and oxygen atoms in total. The SMILES string of the molecule is CCOC(=O)CN1CC[C@H](c2ccnc(-c3ccc4c(c3)OCCO4)c2)C1. The average molecular weight is 368 g/mol. The Labute approximate surface area is 159 Å². The number of esters is 1. The molecule has 4 rings (SSSR count). The minimum atomic E-state index is -0.148. The summed E-state index contributed by atoms with van der Waals surface area (Å²) in [5, 5.41) is 0. The molecule has 27 heavy (non-hydrogen) atoms. The first-order chi connectivity index (χ1) is 13.2. The van der Waals surface area contributed by atoms with Crippen LogP contribution in [0, 0.1) is 0 Å². The number of pyridine rings is 1. The van der Waals surface area contributed by atoms with Gasteiger partial charge in [0.05, 0.1) is 18.8 Å². The average Bonchev–Trinajstić information content (AvgIpc) is 3.16. The molecule has 0 unspecified atom stereocenters. The van der Waals surface area contributed by atoms with Crippen LogP contribution < -0.4 is 9.47 Å². The third-order valence-electron chi connectivity index (χ3n) is 5.02. The molecule has 6 heteroatoms. The first-order valence-electron chi connectivity index (χ1n) is 9.47. The summed E-state index contributed by atoms with van der Waals surface area (Å²) in [6.45, 7) is 5.56. The first-order valence-corrected chi connectivity index (χ1v) is 9.47. The molecule has 2 aliphatic heterocycles. The monoisotopic (exact) mass is 368 g/mol. The van der Waals surface area contributed by atoms with Crippen LogP contribution in [0.1, 0.15) is 24.8 Å². The normalized spacial score (nSPS) is 19.1. The fourth-order valence-corrected chi connectivity index (χ4v) is 3.70. The Morgan fingerprint density at radius 2 is 2.07 bits per heavy atom. The predicted molar refractivity (Wildman–Crippen MR) is 101 cm³/mol. The Balaban J connectivity index is 1.48. The number of ether oxygens (including phenoxy) is 3. The minimum absolute atomic E-state index is 0.148. The van der Waals surface area contributed by atoms with E-state index in [4.69, 9.17) is 14.2 Å². The highest BCUT2D eigenvalue weighted by Crippen LogP contribution is 2.35. The highest BCUT2D eigenvalue weighted by molar-refractivity contribution is 5.71. The molecule has 0 amide bonds. The third kappa shape index (κ3) is 4.06. The molecule has 0 saturated carbocycles. The summed E-state index contributed by atoms with van der Waals surface area (Å²) in [6.07, 6.45) is 2.89. The lowest BCUT2D eigenvalue weighted by atomic mass is 9.97. The van der Waals surface area contributed by atoms with Crippen molar-refractivity contribution >= 4 is 5.97 Å². The lowest BCUT2D eigenvalue weighted by Gasteiger charge is -2.19. The summed E-state index contributed by atoms with van der Waals surface area (Å²) in [7, 11) is 0. The van der Waals surface area contributed by atoms with E-state index in [2.05, 4.69) is 22.0 Å². The molecular formula is C21H24N2O4. The zero-order valence-electron chi connectivity index (χ0n) is 15.5. The largest absolute Gasteiger partial charge is 0.486 e. The standard InChI is InChI=1S/C21H24N2O4/c1-2-25-21(24)14-23-8-6-17(13-23)15-5-7-22-18(11-15)16-3-4-19-20(12-16)27-10-9-26-19/h3-5,7,11-12,17H,2,6,8-10,13-14H2,1H3/t17-/m0/s1. The van der Waals surface area contributed by atoms with Gasteiger partial charge in [-0.1, -0.05) is 0 Å². The molecule has 0 aliphatic carbocycles. The summed E-state index contributed by atoms with van der Waals surface area (Å²) >= 11 is 0. The second-order valence-corrected chi connectivity index (χ2v) is 6.86. The molecule has 2 aromatic rings. The molecule has 1 saturated heterocycles. The maximum Gasteiger partial charge on any atom is 0.320 e. The van der Waals surface area contributed by atoms with Crippen LogP contribution in [0.3, 0.4) is 0 Å². The lowest BCUT2D eigenvalue weighted by Crippen LogP contribution is -2.28. The lowest BCUT2D eigenvalue weighted by molar-refractivity contribution is -0.144. The van der Waals surface area contributed by atoms with Gasteiger partial charge in [-0.05, 0) is 61.7 Å². The van der Waals surface area contributed by atoms with Crippen molar-refractivity contribution in [3.8, 4) is 22.8 Å². The molecule has 0 spiro atoms. The Bertz CT molecular complexity index is 824. The van der Waals surface area contributed by atoms with E-state index in [-0.39, 0.29) is 5.97 Å². The van der Waals surface area contributed by atoms with Crippen LogP contribution in [0.25, 0.3) is 11.3 Å². The van der Waals surface area contributed by atoms with E-state index in [0.717, 1.165) is 42.3 Å². The Kier molecular flexibility index (Phi) is 5.25. The second-order valence-electron chi connectivity index (χ2n) is 6.86. The maximum atomic E-state index is 11.7. The van der Waals surface area contributed by atoms with Crippen molar-refractivity contribution in [1.82, 2.24) is 9.88 Å². The van der Waals surface area contributed by atoms with E-state index in [0.29, 0.717) is 32.3 Å². The van der Waals surface area contributed by atoms with Gasteiger partial charge in [-0.15, -0.1) is 0 Å². The van der Waals surface area contributed by atoms with Crippen molar-refractivity contribution in [2.75, 3.05) is 39.5 Å². The van der Waals surface area contributed by atoms with Gasteiger partial charge in [-0.2, -0.15) is 0 Å². The number of carbonyl (C=O) groups is 1. The molecule has 142 valence electrons. The van der Waals surface area contributed by atoms with Crippen LogP contribution in [0.4, 0.5) is 0 Å². The highest BCUT2D eigenvalue weighted by Gasteiger charge is 2.26. The molecule has 1 aromatic heterocycles. The van der Waals surface area contributed by atoms with E-state index < -0.39 is 0 Å². The number of fused-ring (bicyclic) bond motifs is 1. The zero-order valence-corrected chi connectivity index (χ0v) is 15.5. The third-order valence-corrected chi connectivity index (χ3v) is 5.02. The molecule has 1 fully saturated rings. The summed E-state index contributed by atoms with van der Waals surface area (Å²) in [4.78, 5) is 18.4. The minimum Gasteiger partial charge on any atom is -0.486 e. The van der Waals surface area contributed by atoms with Crippen molar-refractivity contribution < 1.29 is 19.0 Å². The van der Waals surface area contributed by atoms with Gasteiger partial charge in [0.15, 0.2) is 11.5 Å². The Morgan fingerprint density at radius 1 is 1.22 bits per heavy atom. The summed E-state index contributed by atoms with van der Waals surface area (Å²) in [5.41, 5.74) is 3.19. The number of aromatic nitrogens is 1. The number of likely N-dealkylation sites (tertiary alicyclic amines) is 1. The molecule has 3 heterocycles. The van der Waals surface area contributed by atoms with E-state index in [1.165, 1.54) is 5.56 Å². The van der Waals surface area contributed by atoms with Gasteiger partial charge in [0.2, 0.25) is 0 Å². The number of hydrogen-bond donors (Lipinski definition) is 0. The Morgan fingerprint density at radius 3 is 2.93 bits per heavy atom. The van der Waals surface area contributed by atoms with Gasteiger partial charge < -0.3 is 14.2 Å². The number of rotatable bonds is 5. The summed E-state index contributed by atoms with van der Waals surface area (Å²) < 4.78 is 16.3. The molecular weight excluding hydrogens is 344 g/mol. The summed E-state index contributed by atoms with van der Waals surface area (Å²) in [5.74, 6) is 1.81. The molecule has 0 N–H and O–H groups in total. The second kappa shape index (κ2) is 7.96. The van der Waals surface area contributed by atoms with Gasteiger partial charge in [-0.3, -0.25) is 14.7 Å².